The molecule has 2 rings (SSSR count). The zero-order chi connectivity index (χ0) is 18.2. The highest BCUT2D eigenvalue weighted by Gasteiger charge is 2.44. The summed E-state index contributed by atoms with van der Waals surface area (Å²) in [5.41, 5.74) is -0.583. The molecule has 1 nitrogen and oxygen atoms in total. The van der Waals surface area contributed by atoms with E-state index in [-0.39, 0.29) is 0 Å². The van der Waals surface area contributed by atoms with Crippen LogP contribution in [0.25, 0.3) is 0 Å². The summed E-state index contributed by atoms with van der Waals surface area (Å²) < 4.78 is 43.6. The maximum atomic E-state index is 12.8. The Balaban J connectivity index is 2.39. The normalized spacial score (nSPS) is 13.0. The Hall–Kier alpha value is -1.54. The fraction of sp³-hybridized carbons (Fsp3) is 0.333. The number of ether oxygens (including phenoxy) is 1. The zero-order valence-corrected chi connectivity index (χ0v) is 16.7. The average Bonchev–Trinajstić information content (AvgIpc) is 2.54. The molecular formula is C18H23F3OSi2. The monoisotopic (exact) mass is 368 g/mol. The van der Waals surface area contributed by atoms with E-state index in [1.165, 1.54) is 17.3 Å². The average molecular weight is 369 g/mol. The van der Waals surface area contributed by atoms with Crippen molar-refractivity contribution in [2.24, 2.45) is 0 Å². The van der Waals surface area contributed by atoms with Gasteiger partial charge in [-0.15, -0.1) is 0 Å². The minimum Gasteiger partial charge on any atom is -0.497 e. The quantitative estimate of drug-likeness (QED) is 0.730. The smallest absolute Gasteiger partial charge is 0.416 e. The predicted molar refractivity (Wildman–Crippen MR) is 98.7 cm³/mol. The lowest BCUT2D eigenvalue weighted by Crippen LogP contribution is -2.69. The summed E-state index contributed by atoms with van der Waals surface area (Å²) in [6, 6.07) is 13.9. The number of benzene rings is 2. The van der Waals surface area contributed by atoms with Gasteiger partial charge >= 0.3 is 6.18 Å². The van der Waals surface area contributed by atoms with E-state index in [0.29, 0.717) is 0 Å². The predicted octanol–water partition coefficient (Wildman–Crippen LogP) is 4.32. The molecule has 130 valence electrons. The van der Waals surface area contributed by atoms with E-state index in [4.69, 9.17) is 4.74 Å². The van der Waals surface area contributed by atoms with Crippen molar-refractivity contribution in [2.45, 2.75) is 32.4 Å². The van der Waals surface area contributed by atoms with E-state index in [1.807, 2.05) is 12.1 Å². The van der Waals surface area contributed by atoms with E-state index in [2.05, 4.69) is 38.3 Å². The summed E-state index contributed by atoms with van der Waals surface area (Å²) in [5.74, 6) is 0.817. The van der Waals surface area contributed by atoms with E-state index in [9.17, 15) is 13.2 Å². The van der Waals surface area contributed by atoms with Crippen LogP contribution in [0.15, 0.2) is 48.5 Å². The van der Waals surface area contributed by atoms with Gasteiger partial charge in [0.1, 0.15) is 5.75 Å². The van der Waals surface area contributed by atoms with Crippen molar-refractivity contribution in [3.05, 3.63) is 54.1 Å². The molecule has 0 bridgehead atoms. The van der Waals surface area contributed by atoms with Crippen molar-refractivity contribution in [3.8, 4) is 5.75 Å². The summed E-state index contributed by atoms with van der Waals surface area (Å²) in [6.45, 7) is 9.12. The van der Waals surface area contributed by atoms with Gasteiger partial charge in [0, 0.05) is 0 Å². The fourth-order valence-corrected chi connectivity index (χ4v) is 11.6. The van der Waals surface area contributed by atoms with Crippen LogP contribution in [0.1, 0.15) is 5.56 Å². The van der Waals surface area contributed by atoms with E-state index in [0.717, 1.165) is 10.9 Å². The highest BCUT2D eigenvalue weighted by Crippen LogP contribution is 2.29. The second-order valence-electron chi connectivity index (χ2n) is 7.05. The van der Waals surface area contributed by atoms with Gasteiger partial charge in [-0.2, -0.15) is 13.2 Å². The van der Waals surface area contributed by atoms with E-state index < -0.39 is 26.9 Å². The lowest BCUT2D eigenvalue weighted by molar-refractivity contribution is -0.137. The molecule has 0 N–H and O–H groups in total. The molecule has 2 aromatic carbocycles. The van der Waals surface area contributed by atoms with Crippen molar-refractivity contribution < 1.29 is 17.9 Å². The first-order chi connectivity index (χ1) is 11.0. The summed E-state index contributed by atoms with van der Waals surface area (Å²) in [6.07, 6.45) is -4.28. The van der Waals surface area contributed by atoms with Crippen molar-refractivity contribution in [3.63, 3.8) is 0 Å². The lowest BCUT2D eigenvalue weighted by atomic mass is 10.2. The van der Waals surface area contributed by atoms with Gasteiger partial charge in [-0.05, 0) is 12.1 Å². The first-order valence-corrected chi connectivity index (χ1v) is 14.8. The molecule has 0 aliphatic heterocycles. The van der Waals surface area contributed by atoms with Crippen LogP contribution in [-0.4, -0.2) is 22.3 Å². The number of hydrogen-bond donors (Lipinski definition) is 0. The van der Waals surface area contributed by atoms with Crippen LogP contribution in [0.5, 0.6) is 5.75 Å². The third-order valence-corrected chi connectivity index (χ3v) is 23.1. The fourth-order valence-electron chi connectivity index (χ4n) is 2.81. The van der Waals surface area contributed by atoms with Crippen LogP contribution < -0.4 is 15.1 Å². The summed E-state index contributed by atoms with van der Waals surface area (Å²) in [7, 11) is -2.13. The van der Waals surface area contributed by atoms with Crippen molar-refractivity contribution in [1.82, 2.24) is 0 Å². The maximum Gasteiger partial charge on any atom is 0.416 e. The van der Waals surface area contributed by atoms with Gasteiger partial charge in [0.2, 0.25) is 0 Å². The molecule has 0 unspecified atom stereocenters. The molecular weight excluding hydrogens is 345 g/mol. The van der Waals surface area contributed by atoms with Crippen LogP contribution >= 0.6 is 0 Å². The standard InChI is InChI=1S/C18H23F3OSi2/c1-22-15-8-12-17(13-9-15)24(4,5)23(2,3)16-10-6-14(7-11-16)18(19,20)21/h6-13H,1-5H3. The SMILES string of the molecule is COc1ccc([Si](C)(C)[Si](C)(C)c2ccc(C(F)(F)F)cc2)cc1. The summed E-state index contributed by atoms with van der Waals surface area (Å²) in [4.78, 5) is 0. The van der Waals surface area contributed by atoms with Gasteiger partial charge < -0.3 is 4.74 Å². The third-order valence-electron chi connectivity index (χ3n) is 5.31. The van der Waals surface area contributed by atoms with Gasteiger partial charge in [0.15, 0.2) is 0 Å². The Morgan fingerprint density at radius 2 is 1.08 bits per heavy atom. The molecule has 0 aliphatic carbocycles. The Labute approximate surface area is 143 Å². The third kappa shape index (κ3) is 3.44. The number of methoxy groups -OCH3 is 1. The zero-order valence-electron chi connectivity index (χ0n) is 14.7. The molecule has 0 aliphatic rings. The molecule has 0 fully saturated rings. The Bertz CT molecular complexity index is 690. The van der Waals surface area contributed by atoms with E-state index in [1.54, 1.807) is 19.2 Å². The molecule has 0 amide bonds. The second-order valence-corrected chi connectivity index (χ2v) is 22.2. The van der Waals surface area contributed by atoms with Gasteiger partial charge in [0.05, 0.1) is 27.9 Å². The summed E-state index contributed by atoms with van der Waals surface area (Å²) >= 11 is 0. The molecule has 0 radical (unpaired) electrons. The maximum absolute atomic E-state index is 12.8. The Kier molecular flexibility index (Phi) is 5.02. The molecule has 0 saturated carbocycles. The highest BCUT2D eigenvalue weighted by atomic mass is 29.3. The molecule has 0 saturated heterocycles. The lowest BCUT2D eigenvalue weighted by Gasteiger charge is -2.39. The van der Waals surface area contributed by atoms with Gasteiger partial charge in [-0.25, -0.2) is 0 Å². The molecule has 24 heavy (non-hydrogen) atoms. The van der Waals surface area contributed by atoms with Crippen molar-refractivity contribution in [1.29, 1.82) is 0 Å². The number of halogens is 3. The molecule has 0 atom stereocenters. The van der Waals surface area contributed by atoms with Crippen LogP contribution in [0.2, 0.25) is 26.2 Å². The molecule has 0 heterocycles. The minimum absolute atomic E-state index is 0.583. The largest absolute Gasteiger partial charge is 0.497 e. The highest BCUT2D eigenvalue weighted by molar-refractivity contribution is 7.49. The first kappa shape index (κ1) is 18.8. The van der Waals surface area contributed by atoms with Crippen molar-refractivity contribution >= 4 is 25.6 Å². The topological polar surface area (TPSA) is 9.23 Å². The van der Waals surface area contributed by atoms with Crippen LogP contribution in [0.4, 0.5) is 13.2 Å². The van der Waals surface area contributed by atoms with Crippen molar-refractivity contribution in [2.75, 3.05) is 7.11 Å². The van der Waals surface area contributed by atoms with Gasteiger partial charge in [-0.1, -0.05) is 73.0 Å². The molecule has 0 spiro atoms. The van der Waals surface area contributed by atoms with Crippen LogP contribution in [0.3, 0.4) is 0 Å². The number of rotatable bonds is 4. The number of hydrogen-bond acceptors (Lipinski definition) is 1. The Morgan fingerprint density at radius 1 is 0.708 bits per heavy atom. The number of alkyl halides is 3. The summed E-state index contributed by atoms with van der Waals surface area (Å²) in [5, 5.41) is 2.38. The first-order valence-electron chi connectivity index (χ1n) is 7.82. The van der Waals surface area contributed by atoms with Gasteiger partial charge in [-0.3, -0.25) is 0 Å². The Morgan fingerprint density at radius 3 is 1.42 bits per heavy atom. The van der Waals surface area contributed by atoms with E-state index >= 15 is 0 Å². The van der Waals surface area contributed by atoms with Crippen LogP contribution in [-0.2, 0) is 6.18 Å². The molecule has 2 aromatic rings. The minimum atomic E-state index is -4.28. The second kappa shape index (κ2) is 6.40. The van der Waals surface area contributed by atoms with Gasteiger partial charge in [0.25, 0.3) is 0 Å². The molecule has 6 heteroatoms. The molecule has 0 aromatic heterocycles. The van der Waals surface area contributed by atoms with Crippen LogP contribution in [0, 0.1) is 0 Å².